The third-order valence-electron chi connectivity index (χ3n) is 3.60. The van der Waals surface area contributed by atoms with E-state index in [-0.39, 0.29) is 17.8 Å². The minimum atomic E-state index is -0.901. The first-order valence-electron chi connectivity index (χ1n) is 6.24. The van der Waals surface area contributed by atoms with Crippen LogP contribution in [-0.4, -0.2) is 30.5 Å². The summed E-state index contributed by atoms with van der Waals surface area (Å²) in [6, 6.07) is 1.65. The molecule has 2 aliphatic heterocycles. The van der Waals surface area contributed by atoms with Crippen molar-refractivity contribution < 1.29 is 23.7 Å². The first-order valence-corrected chi connectivity index (χ1v) is 6.24. The third kappa shape index (κ3) is 1.96. The van der Waals surface area contributed by atoms with Gasteiger partial charge < -0.3 is 23.7 Å². The molecule has 1 aromatic rings. The molecule has 1 saturated heterocycles. The van der Waals surface area contributed by atoms with Gasteiger partial charge in [-0.1, -0.05) is 0 Å². The molecule has 0 unspecified atom stereocenters. The van der Waals surface area contributed by atoms with E-state index >= 15 is 0 Å². The maximum Gasteiger partial charge on any atom is 0.345 e. The predicted molar refractivity (Wildman–Crippen MR) is 64.1 cm³/mol. The normalized spacial score (nSPS) is 36.5. The lowest BCUT2D eigenvalue weighted by atomic mass is 9.98. The molecule has 5 atom stereocenters. The van der Waals surface area contributed by atoms with Crippen molar-refractivity contribution in [2.75, 3.05) is 7.11 Å². The molecule has 6 nitrogen and oxygen atoms in total. The van der Waals surface area contributed by atoms with Gasteiger partial charge in [-0.15, -0.1) is 0 Å². The van der Waals surface area contributed by atoms with E-state index in [2.05, 4.69) is 0 Å². The summed E-state index contributed by atoms with van der Waals surface area (Å²) in [5.41, 5.74) is -0.321. The smallest absolute Gasteiger partial charge is 0.345 e. The quantitative estimate of drug-likeness (QED) is 0.803. The molecule has 0 radical (unpaired) electrons. The van der Waals surface area contributed by atoms with E-state index in [1.165, 1.54) is 7.11 Å². The molecule has 19 heavy (non-hydrogen) atoms. The second-order valence-corrected chi connectivity index (χ2v) is 4.95. The highest BCUT2D eigenvalue weighted by molar-refractivity contribution is 5.37. The van der Waals surface area contributed by atoms with Crippen molar-refractivity contribution in [2.45, 2.75) is 44.4 Å². The Labute approximate surface area is 109 Å². The summed E-state index contributed by atoms with van der Waals surface area (Å²) in [5, 5.41) is 9.99. The molecule has 1 fully saturated rings. The summed E-state index contributed by atoms with van der Waals surface area (Å²) in [4.78, 5) is 12.1. The van der Waals surface area contributed by atoms with Crippen molar-refractivity contribution in [2.24, 2.45) is 0 Å². The lowest BCUT2D eigenvalue weighted by Gasteiger charge is -2.33. The highest BCUT2D eigenvalue weighted by Gasteiger charge is 2.42. The first-order chi connectivity index (χ1) is 9.02. The Bertz CT molecular complexity index is 551. The Hall–Kier alpha value is -1.37. The van der Waals surface area contributed by atoms with Gasteiger partial charge >= 0.3 is 5.63 Å². The first kappa shape index (κ1) is 12.7. The van der Waals surface area contributed by atoms with Crippen LogP contribution in [-0.2, 0) is 9.47 Å². The highest BCUT2D eigenvalue weighted by atomic mass is 16.6. The average molecular weight is 268 g/mol. The van der Waals surface area contributed by atoms with Gasteiger partial charge in [0.2, 0.25) is 0 Å². The van der Waals surface area contributed by atoms with Gasteiger partial charge in [0, 0.05) is 13.2 Å². The minimum Gasteiger partial charge on any atom is -0.487 e. The SMILES string of the molecule is CO[C@@H]1c2c(cc([C@H]3O[C@@H]3C)oc2=O)O[C@@H](C)[C@@H]1O. The lowest BCUT2D eigenvalue weighted by Crippen LogP contribution is -2.41. The Morgan fingerprint density at radius 3 is 2.58 bits per heavy atom. The number of ether oxygens (including phenoxy) is 3. The molecule has 2 aliphatic rings. The van der Waals surface area contributed by atoms with E-state index in [0.29, 0.717) is 11.5 Å². The van der Waals surface area contributed by atoms with Gasteiger partial charge in [-0.25, -0.2) is 4.79 Å². The number of epoxide rings is 1. The van der Waals surface area contributed by atoms with Crippen LogP contribution in [0, 0.1) is 0 Å². The Morgan fingerprint density at radius 1 is 1.32 bits per heavy atom. The molecular formula is C13H16O6. The zero-order valence-corrected chi connectivity index (χ0v) is 11.0. The molecule has 0 amide bonds. The average Bonchev–Trinajstić information content (AvgIpc) is 3.08. The summed E-state index contributed by atoms with van der Waals surface area (Å²) in [6.07, 6.45) is -2.23. The molecular weight excluding hydrogens is 252 g/mol. The fourth-order valence-corrected chi connectivity index (χ4v) is 2.42. The van der Waals surface area contributed by atoms with Gasteiger partial charge in [-0.05, 0) is 13.8 Å². The number of hydrogen-bond acceptors (Lipinski definition) is 6. The molecule has 3 rings (SSSR count). The topological polar surface area (TPSA) is 81.4 Å². The lowest BCUT2D eigenvalue weighted by molar-refractivity contribution is -0.0816. The van der Waals surface area contributed by atoms with Crippen molar-refractivity contribution in [1.82, 2.24) is 0 Å². The van der Waals surface area contributed by atoms with E-state index in [1.54, 1.807) is 13.0 Å². The van der Waals surface area contributed by atoms with Crippen molar-refractivity contribution in [1.29, 1.82) is 0 Å². The van der Waals surface area contributed by atoms with Gasteiger partial charge in [0.05, 0.1) is 6.10 Å². The van der Waals surface area contributed by atoms with E-state index in [9.17, 15) is 9.90 Å². The number of hydrogen-bond donors (Lipinski definition) is 1. The monoisotopic (exact) mass is 268 g/mol. The summed E-state index contributed by atoms with van der Waals surface area (Å²) in [6.45, 7) is 3.62. The number of aliphatic hydroxyl groups is 1. The summed E-state index contributed by atoms with van der Waals surface area (Å²) < 4.78 is 21.3. The van der Waals surface area contributed by atoms with Crippen molar-refractivity contribution in [3.8, 4) is 5.75 Å². The van der Waals surface area contributed by atoms with Crippen molar-refractivity contribution in [3.63, 3.8) is 0 Å². The van der Waals surface area contributed by atoms with Gasteiger partial charge in [-0.2, -0.15) is 0 Å². The zero-order chi connectivity index (χ0) is 13.7. The van der Waals surface area contributed by atoms with E-state index in [1.807, 2.05) is 6.92 Å². The largest absolute Gasteiger partial charge is 0.487 e. The number of methoxy groups -OCH3 is 1. The Morgan fingerprint density at radius 2 is 2.00 bits per heavy atom. The second kappa shape index (κ2) is 4.33. The molecule has 0 spiro atoms. The fourth-order valence-electron chi connectivity index (χ4n) is 2.42. The molecule has 6 heteroatoms. The van der Waals surface area contributed by atoms with Gasteiger partial charge in [-0.3, -0.25) is 0 Å². The van der Waals surface area contributed by atoms with Gasteiger partial charge in [0.25, 0.3) is 0 Å². The zero-order valence-electron chi connectivity index (χ0n) is 11.0. The number of aliphatic hydroxyl groups excluding tert-OH is 1. The summed E-state index contributed by atoms with van der Waals surface area (Å²) in [5.74, 6) is 0.855. The van der Waals surface area contributed by atoms with Crippen LogP contribution in [0.3, 0.4) is 0 Å². The van der Waals surface area contributed by atoms with Gasteiger partial charge in [0.1, 0.15) is 41.5 Å². The number of rotatable bonds is 2. The third-order valence-corrected chi connectivity index (χ3v) is 3.60. The van der Waals surface area contributed by atoms with Crippen LogP contribution < -0.4 is 10.4 Å². The van der Waals surface area contributed by atoms with Crippen LogP contribution >= 0.6 is 0 Å². The fraction of sp³-hybridized carbons (Fsp3) is 0.615. The van der Waals surface area contributed by atoms with Crippen LogP contribution in [0.25, 0.3) is 0 Å². The molecule has 1 aromatic heterocycles. The van der Waals surface area contributed by atoms with Crippen LogP contribution in [0.15, 0.2) is 15.3 Å². The molecule has 3 heterocycles. The standard InChI is InChI=1S/C13H16O6/c1-5-10(14)12(16-3)9-7(17-5)4-8(19-13(9)15)11-6(2)18-11/h4-6,10-12,14H,1-3H3/t5-,6+,10-,11-,12+/m0/s1. The van der Waals surface area contributed by atoms with E-state index in [0.717, 1.165) is 0 Å². The van der Waals surface area contributed by atoms with Crippen LogP contribution in [0.4, 0.5) is 0 Å². The maximum absolute atomic E-state index is 12.1. The molecule has 1 N–H and O–H groups in total. The predicted octanol–water partition coefficient (Wildman–Crippen LogP) is 0.929. The summed E-state index contributed by atoms with van der Waals surface area (Å²) in [7, 11) is 1.44. The molecule has 0 aliphatic carbocycles. The Balaban J connectivity index is 2.07. The second-order valence-electron chi connectivity index (χ2n) is 4.95. The molecule has 0 bridgehead atoms. The molecule has 0 saturated carbocycles. The molecule has 104 valence electrons. The Kier molecular flexibility index (Phi) is 2.88. The van der Waals surface area contributed by atoms with Crippen LogP contribution in [0.2, 0.25) is 0 Å². The van der Waals surface area contributed by atoms with Gasteiger partial charge in [0.15, 0.2) is 0 Å². The number of fused-ring (bicyclic) bond motifs is 1. The minimum absolute atomic E-state index is 0.0472. The van der Waals surface area contributed by atoms with Crippen molar-refractivity contribution in [3.05, 3.63) is 27.8 Å². The van der Waals surface area contributed by atoms with E-state index in [4.69, 9.17) is 18.6 Å². The van der Waals surface area contributed by atoms with Crippen molar-refractivity contribution >= 4 is 0 Å². The van der Waals surface area contributed by atoms with Crippen LogP contribution in [0.5, 0.6) is 5.75 Å². The maximum atomic E-state index is 12.1. The molecule has 0 aromatic carbocycles. The highest BCUT2D eigenvalue weighted by Crippen LogP contribution is 2.42. The van der Waals surface area contributed by atoms with Crippen LogP contribution in [0.1, 0.15) is 37.4 Å². The van der Waals surface area contributed by atoms with E-state index < -0.39 is 23.9 Å². The summed E-state index contributed by atoms with van der Waals surface area (Å²) >= 11 is 0.